The third-order valence-corrected chi connectivity index (χ3v) is 5.18. The van der Waals surface area contributed by atoms with Crippen molar-refractivity contribution in [3.8, 4) is 0 Å². The van der Waals surface area contributed by atoms with Crippen LogP contribution >= 0.6 is 0 Å². The zero-order valence-corrected chi connectivity index (χ0v) is 14.9. The van der Waals surface area contributed by atoms with Crippen LogP contribution in [0.1, 0.15) is 25.1 Å². The molecule has 1 aromatic carbocycles. The number of benzene rings is 1. The lowest BCUT2D eigenvalue weighted by Gasteiger charge is -2.36. The van der Waals surface area contributed by atoms with Crippen molar-refractivity contribution in [3.63, 3.8) is 0 Å². The Hall–Kier alpha value is -1.76. The fraction of sp³-hybridized carbons (Fsp3) is 0.579. The standard InChI is InChI=1S/C19H28N4O2/c1-22(10-4-14-24)15-7-11-23(12-8-15)13-9-18-20-17-6-3-2-5-16(17)19(25)21-18/h2-3,5-6,15,24H,4,7-14H2,1H3,(H,20,21,25). The second-order valence-corrected chi connectivity index (χ2v) is 6.91. The summed E-state index contributed by atoms with van der Waals surface area (Å²) in [6.45, 7) is 4.30. The van der Waals surface area contributed by atoms with Crippen LogP contribution in [-0.2, 0) is 6.42 Å². The van der Waals surface area contributed by atoms with Gasteiger partial charge in [-0.2, -0.15) is 0 Å². The lowest BCUT2D eigenvalue weighted by atomic mass is 10.0. The van der Waals surface area contributed by atoms with Crippen LogP contribution in [0.4, 0.5) is 0 Å². The summed E-state index contributed by atoms with van der Waals surface area (Å²) in [5.41, 5.74) is 0.718. The van der Waals surface area contributed by atoms with Crippen molar-refractivity contribution in [2.75, 3.05) is 39.8 Å². The number of rotatable bonds is 7. The average molecular weight is 344 g/mol. The summed E-state index contributed by atoms with van der Waals surface area (Å²) < 4.78 is 0. The van der Waals surface area contributed by atoms with E-state index in [0.717, 1.165) is 63.2 Å². The molecule has 1 fully saturated rings. The van der Waals surface area contributed by atoms with Crippen LogP contribution in [0.15, 0.2) is 29.1 Å². The van der Waals surface area contributed by atoms with Gasteiger partial charge < -0.3 is 19.9 Å². The van der Waals surface area contributed by atoms with Gasteiger partial charge in [0.2, 0.25) is 0 Å². The van der Waals surface area contributed by atoms with Crippen molar-refractivity contribution in [1.29, 1.82) is 0 Å². The number of hydrogen-bond acceptors (Lipinski definition) is 5. The number of nitrogens with zero attached hydrogens (tertiary/aromatic N) is 3. The van der Waals surface area contributed by atoms with Crippen molar-refractivity contribution in [2.24, 2.45) is 0 Å². The SMILES string of the molecule is CN(CCCO)C1CCN(CCc2nc3ccccc3c(=O)[nH]2)CC1. The quantitative estimate of drug-likeness (QED) is 0.791. The van der Waals surface area contributed by atoms with Crippen molar-refractivity contribution >= 4 is 10.9 Å². The number of likely N-dealkylation sites (tertiary alicyclic amines) is 1. The minimum atomic E-state index is -0.0511. The normalized spacial score (nSPS) is 16.8. The van der Waals surface area contributed by atoms with E-state index in [1.165, 1.54) is 0 Å². The zero-order chi connectivity index (χ0) is 17.6. The fourth-order valence-electron chi connectivity index (χ4n) is 3.60. The van der Waals surface area contributed by atoms with Crippen LogP contribution in [-0.4, -0.2) is 70.7 Å². The van der Waals surface area contributed by atoms with E-state index in [9.17, 15) is 4.79 Å². The largest absolute Gasteiger partial charge is 0.396 e. The van der Waals surface area contributed by atoms with E-state index in [4.69, 9.17) is 5.11 Å². The predicted octanol–water partition coefficient (Wildman–Crippen LogP) is 1.24. The molecule has 1 saturated heterocycles. The fourth-order valence-corrected chi connectivity index (χ4v) is 3.60. The first-order valence-electron chi connectivity index (χ1n) is 9.19. The number of aromatic nitrogens is 2. The maximum atomic E-state index is 12.1. The molecular weight excluding hydrogens is 316 g/mol. The molecule has 1 aliphatic rings. The van der Waals surface area contributed by atoms with Crippen LogP contribution in [0.2, 0.25) is 0 Å². The van der Waals surface area contributed by atoms with Crippen LogP contribution in [0.3, 0.4) is 0 Å². The number of para-hydroxylation sites is 1. The van der Waals surface area contributed by atoms with Crippen LogP contribution in [0, 0.1) is 0 Å². The van der Waals surface area contributed by atoms with E-state index in [2.05, 4.69) is 26.8 Å². The summed E-state index contributed by atoms with van der Waals surface area (Å²) >= 11 is 0. The van der Waals surface area contributed by atoms with Gasteiger partial charge in [-0.25, -0.2) is 4.98 Å². The maximum absolute atomic E-state index is 12.1. The number of aliphatic hydroxyl groups excluding tert-OH is 1. The summed E-state index contributed by atoms with van der Waals surface area (Å²) in [5, 5.41) is 9.60. The number of nitrogens with one attached hydrogen (secondary N) is 1. The van der Waals surface area contributed by atoms with E-state index in [1.54, 1.807) is 0 Å². The monoisotopic (exact) mass is 344 g/mol. The van der Waals surface area contributed by atoms with Crippen molar-refractivity contribution in [1.82, 2.24) is 19.8 Å². The van der Waals surface area contributed by atoms with Gasteiger partial charge in [-0.1, -0.05) is 12.1 Å². The molecule has 2 aromatic rings. The van der Waals surface area contributed by atoms with Crippen molar-refractivity contribution in [3.05, 3.63) is 40.4 Å². The van der Waals surface area contributed by atoms with E-state index in [-0.39, 0.29) is 12.2 Å². The van der Waals surface area contributed by atoms with Gasteiger partial charge >= 0.3 is 0 Å². The number of hydrogen-bond donors (Lipinski definition) is 2. The summed E-state index contributed by atoms with van der Waals surface area (Å²) in [7, 11) is 2.15. The first-order valence-corrected chi connectivity index (χ1v) is 9.19. The Labute approximate surface area is 148 Å². The van der Waals surface area contributed by atoms with Gasteiger partial charge in [0.1, 0.15) is 5.82 Å². The lowest BCUT2D eigenvalue weighted by Crippen LogP contribution is -2.44. The van der Waals surface area contributed by atoms with Gasteiger partial charge in [0.25, 0.3) is 5.56 Å². The lowest BCUT2D eigenvalue weighted by molar-refractivity contribution is 0.122. The Bertz CT molecular complexity index is 738. The van der Waals surface area contributed by atoms with Crippen molar-refractivity contribution < 1.29 is 5.11 Å². The molecule has 6 heteroatoms. The van der Waals surface area contributed by atoms with Crippen LogP contribution < -0.4 is 5.56 Å². The number of piperidine rings is 1. The summed E-state index contributed by atoms with van der Waals surface area (Å²) in [4.78, 5) is 24.4. The molecule has 2 heterocycles. The highest BCUT2D eigenvalue weighted by atomic mass is 16.3. The number of fused-ring (bicyclic) bond motifs is 1. The highest BCUT2D eigenvalue weighted by Gasteiger charge is 2.22. The molecular formula is C19H28N4O2. The summed E-state index contributed by atoms with van der Waals surface area (Å²) in [6.07, 6.45) is 3.93. The Morgan fingerprint density at radius 2 is 2.08 bits per heavy atom. The van der Waals surface area contributed by atoms with E-state index < -0.39 is 0 Å². The molecule has 6 nitrogen and oxygen atoms in total. The molecule has 0 radical (unpaired) electrons. The third-order valence-electron chi connectivity index (χ3n) is 5.18. The van der Waals surface area contributed by atoms with Crippen LogP contribution in [0.25, 0.3) is 10.9 Å². The number of aliphatic hydroxyl groups is 1. The smallest absolute Gasteiger partial charge is 0.258 e. The molecule has 0 atom stereocenters. The second kappa shape index (κ2) is 8.56. The summed E-state index contributed by atoms with van der Waals surface area (Å²) in [6, 6.07) is 8.09. The van der Waals surface area contributed by atoms with Gasteiger partial charge in [0.05, 0.1) is 10.9 Å². The Kier molecular flexibility index (Phi) is 6.18. The number of H-pyrrole nitrogens is 1. The molecule has 25 heavy (non-hydrogen) atoms. The first-order chi connectivity index (χ1) is 12.2. The average Bonchev–Trinajstić information content (AvgIpc) is 2.65. The Morgan fingerprint density at radius 1 is 1.32 bits per heavy atom. The first kappa shape index (κ1) is 18.0. The maximum Gasteiger partial charge on any atom is 0.258 e. The minimum absolute atomic E-state index is 0.0511. The van der Waals surface area contributed by atoms with E-state index in [1.807, 2.05) is 24.3 Å². The highest BCUT2D eigenvalue weighted by Crippen LogP contribution is 2.16. The third kappa shape index (κ3) is 4.66. The van der Waals surface area contributed by atoms with E-state index >= 15 is 0 Å². The highest BCUT2D eigenvalue weighted by molar-refractivity contribution is 5.77. The molecule has 1 aliphatic heterocycles. The molecule has 3 rings (SSSR count). The van der Waals surface area contributed by atoms with Crippen LogP contribution in [0.5, 0.6) is 0 Å². The Balaban J connectivity index is 1.51. The molecule has 0 saturated carbocycles. The molecule has 0 amide bonds. The molecule has 0 bridgehead atoms. The topological polar surface area (TPSA) is 72.5 Å². The van der Waals surface area contributed by atoms with Crippen molar-refractivity contribution in [2.45, 2.75) is 31.7 Å². The predicted molar refractivity (Wildman–Crippen MR) is 99.9 cm³/mol. The van der Waals surface area contributed by atoms with Gasteiger partial charge in [0.15, 0.2) is 0 Å². The number of aromatic amines is 1. The van der Waals surface area contributed by atoms with Gasteiger partial charge in [-0.15, -0.1) is 0 Å². The molecule has 2 N–H and O–H groups in total. The van der Waals surface area contributed by atoms with Gasteiger partial charge in [0, 0.05) is 32.2 Å². The second-order valence-electron chi connectivity index (χ2n) is 6.91. The minimum Gasteiger partial charge on any atom is -0.396 e. The molecule has 0 unspecified atom stereocenters. The Morgan fingerprint density at radius 3 is 2.84 bits per heavy atom. The molecule has 1 aromatic heterocycles. The molecule has 136 valence electrons. The van der Waals surface area contributed by atoms with E-state index in [0.29, 0.717) is 11.4 Å². The van der Waals surface area contributed by atoms with Gasteiger partial charge in [-0.05, 0) is 51.5 Å². The molecule has 0 spiro atoms. The zero-order valence-electron chi connectivity index (χ0n) is 14.9. The molecule has 0 aliphatic carbocycles. The van der Waals surface area contributed by atoms with Gasteiger partial charge in [-0.3, -0.25) is 4.79 Å². The summed E-state index contributed by atoms with van der Waals surface area (Å²) in [5.74, 6) is 0.769.